The molecule has 0 aliphatic rings. The predicted molar refractivity (Wildman–Crippen MR) is 66.0 cm³/mol. The second-order valence-corrected chi connectivity index (χ2v) is 4.36. The zero-order valence-electron chi connectivity index (χ0n) is 9.66. The molecule has 0 aliphatic heterocycles. The number of halogens is 1. The summed E-state index contributed by atoms with van der Waals surface area (Å²) >= 11 is 3.32. The first-order valence-corrected chi connectivity index (χ1v) is 5.79. The lowest BCUT2D eigenvalue weighted by atomic mass is 10.1. The lowest BCUT2D eigenvalue weighted by Gasteiger charge is -2.08. The Bertz CT molecular complexity index is 429. The Hall–Kier alpha value is -1.36. The highest BCUT2D eigenvalue weighted by molar-refractivity contribution is 9.10. The van der Waals surface area contributed by atoms with Gasteiger partial charge in [0.1, 0.15) is 11.5 Å². The summed E-state index contributed by atoms with van der Waals surface area (Å²) in [5.41, 5.74) is 0.898. The number of methoxy groups -OCH3 is 1. The third-order valence-electron chi connectivity index (χ3n) is 2.02. The number of carbonyl (C=O) groups is 2. The molecule has 0 spiro atoms. The number of ketones is 1. The van der Waals surface area contributed by atoms with Crippen LogP contribution in [-0.4, -0.2) is 25.5 Å². The number of carbonyl (C=O) groups excluding carboxylic acids is 2. The monoisotopic (exact) mass is 300 g/mol. The summed E-state index contributed by atoms with van der Waals surface area (Å²) < 4.78 is 10.4. The largest absolute Gasteiger partial charge is 0.481 e. The summed E-state index contributed by atoms with van der Waals surface area (Å²) in [4.78, 5) is 21.9. The number of hydrogen-bond acceptors (Lipinski definition) is 4. The molecule has 92 valence electrons. The van der Waals surface area contributed by atoms with Gasteiger partial charge >= 0.3 is 5.97 Å². The molecule has 1 rings (SSSR count). The van der Waals surface area contributed by atoms with Crippen molar-refractivity contribution < 1.29 is 19.1 Å². The van der Waals surface area contributed by atoms with Crippen LogP contribution in [0.15, 0.2) is 22.7 Å². The fourth-order valence-corrected chi connectivity index (χ4v) is 1.80. The molecule has 0 amide bonds. The van der Waals surface area contributed by atoms with E-state index in [1.165, 1.54) is 14.0 Å². The van der Waals surface area contributed by atoms with Crippen molar-refractivity contribution in [2.75, 3.05) is 13.7 Å². The summed E-state index contributed by atoms with van der Waals surface area (Å²) in [5, 5.41) is 0. The summed E-state index contributed by atoms with van der Waals surface area (Å²) in [6.07, 6.45) is 0.385. The second-order valence-electron chi connectivity index (χ2n) is 3.51. The van der Waals surface area contributed by atoms with Crippen molar-refractivity contribution in [3.63, 3.8) is 0 Å². The highest BCUT2D eigenvalue weighted by Crippen LogP contribution is 2.26. The third-order valence-corrected chi connectivity index (χ3v) is 2.64. The molecule has 5 heteroatoms. The van der Waals surface area contributed by atoms with E-state index < -0.39 is 5.97 Å². The predicted octanol–water partition coefficient (Wildman–Crippen LogP) is 2.13. The first-order chi connectivity index (χ1) is 8.02. The highest BCUT2D eigenvalue weighted by atomic mass is 79.9. The van der Waals surface area contributed by atoms with E-state index in [2.05, 4.69) is 20.7 Å². The molecular formula is C12H13BrO4. The summed E-state index contributed by atoms with van der Waals surface area (Å²) in [7, 11) is 1.30. The molecular weight excluding hydrogens is 288 g/mol. The molecule has 0 aromatic heterocycles. The molecule has 0 bridgehead atoms. The standard InChI is InChI=1S/C12H13BrO4/c1-8(14)5-9-3-4-11(10(13)6-9)17-7-12(15)16-2/h3-4,6H,5,7H2,1-2H3. The van der Waals surface area contributed by atoms with E-state index in [1.807, 2.05) is 0 Å². The average molecular weight is 301 g/mol. The van der Waals surface area contributed by atoms with Gasteiger partial charge in [-0.3, -0.25) is 4.79 Å². The van der Waals surface area contributed by atoms with Gasteiger partial charge in [0, 0.05) is 6.42 Å². The van der Waals surface area contributed by atoms with Crippen molar-refractivity contribution in [1.29, 1.82) is 0 Å². The normalized spacial score (nSPS) is 9.82. The number of rotatable bonds is 5. The van der Waals surface area contributed by atoms with Crippen molar-refractivity contribution in [2.24, 2.45) is 0 Å². The van der Waals surface area contributed by atoms with E-state index in [4.69, 9.17) is 4.74 Å². The second kappa shape index (κ2) is 6.39. The Morgan fingerprint density at radius 1 is 1.35 bits per heavy atom. The number of esters is 1. The minimum atomic E-state index is -0.440. The average Bonchev–Trinajstić information content (AvgIpc) is 2.26. The molecule has 0 radical (unpaired) electrons. The van der Waals surface area contributed by atoms with Crippen LogP contribution in [0.5, 0.6) is 5.75 Å². The van der Waals surface area contributed by atoms with Crippen molar-refractivity contribution in [1.82, 2.24) is 0 Å². The van der Waals surface area contributed by atoms with Gasteiger partial charge in [-0.05, 0) is 40.5 Å². The summed E-state index contributed by atoms with van der Waals surface area (Å²) in [6.45, 7) is 1.40. The van der Waals surface area contributed by atoms with Gasteiger partial charge in [0.05, 0.1) is 11.6 Å². The molecule has 1 aromatic carbocycles. The summed E-state index contributed by atoms with van der Waals surface area (Å²) in [6, 6.07) is 5.30. The van der Waals surface area contributed by atoms with Gasteiger partial charge in [-0.2, -0.15) is 0 Å². The van der Waals surface area contributed by atoms with Crippen LogP contribution < -0.4 is 4.74 Å². The minimum absolute atomic E-state index is 0.0973. The first-order valence-electron chi connectivity index (χ1n) is 5.00. The first kappa shape index (κ1) is 13.7. The maximum atomic E-state index is 11.0. The van der Waals surface area contributed by atoms with Gasteiger partial charge in [0.25, 0.3) is 0 Å². The zero-order valence-corrected chi connectivity index (χ0v) is 11.2. The van der Waals surface area contributed by atoms with E-state index >= 15 is 0 Å². The third kappa shape index (κ3) is 4.56. The Morgan fingerprint density at radius 3 is 2.59 bits per heavy atom. The van der Waals surface area contributed by atoms with Gasteiger partial charge in [0.2, 0.25) is 0 Å². The Kier molecular flexibility index (Phi) is 5.15. The van der Waals surface area contributed by atoms with Gasteiger partial charge < -0.3 is 9.47 Å². The van der Waals surface area contributed by atoms with Crippen LogP contribution in [0.2, 0.25) is 0 Å². The van der Waals surface area contributed by atoms with Gasteiger partial charge in [-0.15, -0.1) is 0 Å². The topological polar surface area (TPSA) is 52.6 Å². The lowest BCUT2D eigenvalue weighted by molar-refractivity contribution is -0.142. The van der Waals surface area contributed by atoms with Gasteiger partial charge in [-0.25, -0.2) is 4.79 Å². The van der Waals surface area contributed by atoms with Crippen LogP contribution in [0.25, 0.3) is 0 Å². The number of benzene rings is 1. The summed E-state index contributed by atoms with van der Waals surface area (Å²) in [5.74, 6) is 0.201. The van der Waals surface area contributed by atoms with E-state index in [1.54, 1.807) is 18.2 Å². The molecule has 0 fully saturated rings. The lowest BCUT2D eigenvalue weighted by Crippen LogP contribution is -2.12. The smallest absolute Gasteiger partial charge is 0.343 e. The Morgan fingerprint density at radius 2 is 2.06 bits per heavy atom. The van der Waals surface area contributed by atoms with Crippen LogP contribution in [0.1, 0.15) is 12.5 Å². The molecule has 0 atom stereocenters. The number of ether oxygens (including phenoxy) is 2. The molecule has 0 N–H and O–H groups in total. The van der Waals surface area contributed by atoms with Crippen molar-refractivity contribution in [2.45, 2.75) is 13.3 Å². The van der Waals surface area contributed by atoms with Crippen LogP contribution >= 0.6 is 15.9 Å². The van der Waals surface area contributed by atoms with Crippen LogP contribution in [0.3, 0.4) is 0 Å². The molecule has 0 unspecified atom stereocenters. The fraction of sp³-hybridized carbons (Fsp3) is 0.333. The molecule has 4 nitrogen and oxygen atoms in total. The van der Waals surface area contributed by atoms with Gasteiger partial charge in [0.15, 0.2) is 6.61 Å². The molecule has 0 aliphatic carbocycles. The van der Waals surface area contributed by atoms with Crippen molar-refractivity contribution in [3.05, 3.63) is 28.2 Å². The van der Waals surface area contributed by atoms with Crippen molar-refractivity contribution in [3.8, 4) is 5.75 Å². The number of hydrogen-bond donors (Lipinski definition) is 0. The molecule has 0 heterocycles. The SMILES string of the molecule is COC(=O)COc1ccc(CC(C)=O)cc1Br. The van der Waals surface area contributed by atoms with Crippen LogP contribution in [-0.2, 0) is 20.7 Å². The quantitative estimate of drug-likeness (QED) is 0.782. The van der Waals surface area contributed by atoms with Crippen LogP contribution in [0.4, 0.5) is 0 Å². The molecule has 0 saturated carbocycles. The Labute approximate surface area is 108 Å². The molecule has 0 saturated heterocycles. The fourth-order valence-electron chi connectivity index (χ4n) is 1.25. The van der Waals surface area contributed by atoms with E-state index in [0.29, 0.717) is 16.6 Å². The molecule has 1 aromatic rings. The van der Waals surface area contributed by atoms with Crippen molar-refractivity contribution >= 4 is 27.7 Å². The van der Waals surface area contributed by atoms with E-state index in [-0.39, 0.29) is 12.4 Å². The number of Topliss-reactive ketones (excluding diaryl/α,β-unsaturated/α-hetero) is 1. The van der Waals surface area contributed by atoms with E-state index in [0.717, 1.165) is 5.56 Å². The zero-order chi connectivity index (χ0) is 12.8. The highest BCUT2D eigenvalue weighted by Gasteiger charge is 2.07. The van der Waals surface area contributed by atoms with E-state index in [9.17, 15) is 9.59 Å². The Balaban J connectivity index is 2.69. The maximum absolute atomic E-state index is 11.0. The maximum Gasteiger partial charge on any atom is 0.343 e. The minimum Gasteiger partial charge on any atom is -0.481 e. The van der Waals surface area contributed by atoms with Gasteiger partial charge in [-0.1, -0.05) is 6.07 Å². The molecule has 17 heavy (non-hydrogen) atoms. The van der Waals surface area contributed by atoms with Crippen LogP contribution in [0, 0.1) is 0 Å².